The first-order valence-corrected chi connectivity index (χ1v) is 14.7. The summed E-state index contributed by atoms with van der Waals surface area (Å²) in [6.07, 6.45) is 2.59. The van der Waals surface area contributed by atoms with Crippen molar-refractivity contribution in [2.45, 2.75) is 39.1 Å². The number of hydrazone groups is 1. The Bertz CT molecular complexity index is 1780. The molecule has 0 amide bonds. The third kappa shape index (κ3) is 6.51. The van der Waals surface area contributed by atoms with E-state index in [4.69, 9.17) is 24.2 Å². The molecule has 0 bridgehead atoms. The third-order valence-corrected chi connectivity index (χ3v) is 7.65. The number of esters is 1. The van der Waals surface area contributed by atoms with Crippen molar-refractivity contribution in [3.63, 3.8) is 0 Å². The van der Waals surface area contributed by atoms with E-state index in [2.05, 4.69) is 21.1 Å². The summed E-state index contributed by atoms with van der Waals surface area (Å²) in [4.78, 5) is 23.6. The van der Waals surface area contributed by atoms with Crippen molar-refractivity contribution in [3.8, 4) is 17.7 Å². The molecule has 2 aliphatic rings. The van der Waals surface area contributed by atoms with E-state index >= 15 is 4.39 Å². The van der Waals surface area contributed by atoms with Gasteiger partial charge in [-0.05, 0) is 43.7 Å². The highest BCUT2D eigenvalue weighted by atomic mass is 19.1. The molecule has 1 fully saturated rings. The lowest BCUT2D eigenvalue weighted by molar-refractivity contribution is -0.0592. The van der Waals surface area contributed by atoms with Gasteiger partial charge in [0.05, 0.1) is 62.2 Å². The van der Waals surface area contributed by atoms with Gasteiger partial charge in [-0.2, -0.15) is 15.3 Å². The standard InChI is InChI=1S/C32H32FN7O5/c1-3-43-32(41)23-14-25(33)31-26(15-23)40(17-24-9-12-44-24)29(37-31)18-39-11-10-38(20-35-39)28-5-4-6-30(36-28)45-19-22-8-7-21(16-34)13-27(22)42-2/h4-8,13-15,20,24H,3,9-12,17-19H2,1-2H3/t24-/m0/s1. The number of ether oxygens (including phenoxy) is 4. The molecule has 1 saturated heterocycles. The van der Waals surface area contributed by atoms with Gasteiger partial charge in [0.2, 0.25) is 5.88 Å². The van der Waals surface area contributed by atoms with E-state index < -0.39 is 11.8 Å². The first kappa shape index (κ1) is 29.8. The molecule has 0 unspecified atom stereocenters. The minimum absolute atomic E-state index is 0.00521. The van der Waals surface area contributed by atoms with Crippen molar-refractivity contribution in [1.82, 2.24) is 19.5 Å². The fourth-order valence-corrected chi connectivity index (χ4v) is 5.18. The summed E-state index contributed by atoms with van der Waals surface area (Å²) in [5, 5.41) is 15.6. The van der Waals surface area contributed by atoms with E-state index in [0.29, 0.717) is 67.1 Å². The van der Waals surface area contributed by atoms with E-state index in [1.165, 1.54) is 6.07 Å². The lowest BCUT2D eigenvalue weighted by Gasteiger charge is -2.30. The lowest BCUT2D eigenvalue weighted by Crippen LogP contribution is -2.38. The van der Waals surface area contributed by atoms with E-state index in [1.807, 2.05) is 26.6 Å². The Morgan fingerprint density at radius 2 is 2.04 bits per heavy atom. The summed E-state index contributed by atoms with van der Waals surface area (Å²) in [7, 11) is 1.55. The second kappa shape index (κ2) is 13.2. The number of anilines is 1. The Morgan fingerprint density at radius 3 is 2.76 bits per heavy atom. The molecule has 2 aliphatic heterocycles. The molecule has 1 atom stereocenters. The zero-order valence-electron chi connectivity index (χ0n) is 25.0. The summed E-state index contributed by atoms with van der Waals surface area (Å²) in [5.41, 5.74) is 2.16. The molecule has 0 spiro atoms. The van der Waals surface area contributed by atoms with Crippen LogP contribution in [0.4, 0.5) is 10.2 Å². The Morgan fingerprint density at radius 1 is 1.18 bits per heavy atom. The van der Waals surface area contributed by atoms with Crippen LogP contribution in [0.3, 0.4) is 0 Å². The molecule has 2 aromatic heterocycles. The van der Waals surface area contributed by atoms with Crippen molar-refractivity contribution in [2.24, 2.45) is 5.10 Å². The number of hydrogen-bond acceptors (Lipinski definition) is 11. The summed E-state index contributed by atoms with van der Waals surface area (Å²) in [6, 6.07) is 15.6. The van der Waals surface area contributed by atoms with Gasteiger partial charge >= 0.3 is 5.97 Å². The Kier molecular flexibility index (Phi) is 8.74. The SMILES string of the molecule is CCOC(=O)c1cc(F)c2nc(CN3CCN(c4cccc(OCc5ccc(C#N)cc5OC)n4)C=N3)n(C[C@@H]3CCO3)c2c1. The molecule has 2 aromatic carbocycles. The quantitative estimate of drug-likeness (QED) is 0.227. The minimum atomic E-state index is -0.579. The van der Waals surface area contributed by atoms with Crippen molar-refractivity contribution in [3.05, 3.63) is 76.9 Å². The average Bonchev–Trinajstić information content (AvgIpc) is 3.39. The summed E-state index contributed by atoms with van der Waals surface area (Å²) < 4.78 is 39.2. The first-order valence-electron chi connectivity index (χ1n) is 14.7. The van der Waals surface area contributed by atoms with E-state index in [0.717, 1.165) is 12.0 Å². The van der Waals surface area contributed by atoms with Crippen LogP contribution in [-0.4, -0.2) is 71.4 Å². The number of aromatic nitrogens is 3. The highest BCUT2D eigenvalue weighted by Gasteiger charge is 2.25. The van der Waals surface area contributed by atoms with Crippen molar-refractivity contribution >= 4 is 29.2 Å². The number of imidazole rings is 1. The molecule has 0 aliphatic carbocycles. The van der Waals surface area contributed by atoms with E-state index in [9.17, 15) is 4.79 Å². The van der Waals surface area contributed by atoms with E-state index in [-0.39, 0.29) is 30.4 Å². The second-order valence-corrected chi connectivity index (χ2v) is 10.5. The number of hydrogen-bond donors (Lipinski definition) is 0. The summed E-state index contributed by atoms with van der Waals surface area (Å²) in [6.45, 7) is 4.80. The molecular weight excluding hydrogens is 581 g/mol. The smallest absolute Gasteiger partial charge is 0.338 e. The largest absolute Gasteiger partial charge is 0.496 e. The Balaban J connectivity index is 1.16. The number of carbonyl (C=O) groups is 1. The van der Waals surface area contributed by atoms with Crippen molar-refractivity contribution < 1.29 is 28.1 Å². The molecule has 232 valence electrons. The maximum absolute atomic E-state index is 15.1. The molecule has 45 heavy (non-hydrogen) atoms. The van der Waals surface area contributed by atoms with Crippen LogP contribution in [-0.2, 0) is 29.2 Å². The molecule has 4 aromatic rings. The van der Waals surface area contributed by atoms with Gasteiger partial charge in [-0.1, -0.05) is 12.1 Å². The maximum Gasteiger partial charge on any atom is 0.338 e. The van der Waals surface area contributed by atoms with Crippen LogP contribution in [0.1, 0.15) is 40.7 Å². The lowest BCUT2D eigenvalue weighted by atomic mass is 10.1. The highest BCUT2D eigenvalue weighted by Crippen LogP contribution is 2.27. The number of halogens is 1. The van der Waals surface area contributed by atoms with Crippen LogP contribution in [0.5, 0.6) is 11.6 Å². The van der Waals surface area contributed by atoms with Crippen LogP contribution in [0.2, 0.25) is 0 Å². The molecule has 0 N–H and O–H groups in total. The van der Waals surface area contributed by atoms with Gasteiger partial charge in [0.15, 0.2) is 5.82 Å². The number of nitriles is 1. The molecule has 4 heterocycles. The maximum atomic E-state index is 15.1. The van der Waals surface area contributed by atoms with Crippen LogP contribution < -0.4 is 14.4 Å². The van der Waals surface area contributed by atoms with Crippen LogP contribution >= 0.6 is 0 Å². The number of benzene rings is 2. The van der Waals surface area contributed by atoms with Gasteiger partial charge in [0.1, 0.15) is 35.9 Å². The Hall–Kier alpha value is -5.22. The van der Waals surface area contributed by atoms with Gasteiger partial charge in [0.25, 0.3) is 0 Å². The zero-order valence-corrected chi connectivity index (χ0v) is 25.0. The van der Waals surface area contributed by atoms with Crippen LogP contribution in [0, 0.1) is 17.1 Å². The number of pyridine rings is 1. The fraction of sp³-hybridized carbons (Fsp3) is 0.344. The molecular formula is C32H32FN7O5. The fourth-order valence-electron chi connectivity index (χ4n) is 5.18. The summed E-state index contributed by atoms with van der Waals surface area (Å²) >= 11 is 0. The predicted octanol–water partition coefficient (Wildman–Crippen LogP) is 4.26. The topological polar surface area (TPSA) is 127 Å². The normalized spacial score (nSPS) is 15.9. The molecule has 0 radical (unpaired) electrons. The number of nitrogens with zero attached hydrogens (tertiary/aromatic N) is 7. The summed E-state index contributed by atoms with van der Waals surface area (Å²) in [5.74, 6) is 1.15. The van der Waals surface area contributed by atoms with Crippen LogP contribution in [0.15, 0.2) is 53.6 Å². The predicted molar refractivity (Wildman–Crippen MR) is 163 cm³/mol. The highest BCUT2D eigenvalue weighted by molar-refractivity contribution is 5.94. The third-order valence-electron chi connectivity index (χ3n) is 7.65. The van der Waals surface area contributed by atoms with Gasteiger partial charge in [0, 0.05) is 24.8 Å². The van der Waals surface area contributed by atoms with Gasteiger partial charge in [-0.15, -0.1) is 0 Å². The van der Waals surface area contributed by atoms with Crippen molar-refractivity contribution in [2.75, 3.05) is 38.3 Å². The molecule has 6 rings (SSSR count). The van der Waals surface area contributed by atoms with Gasteiger partial charge in [-0.3, -0.25) is 5.01 Å². The Labute approximate surface area is 259 Å². The monoisotopic (exact) mass is 613 g/mol. The van der Waals surface area contributed by atoms with Gasteiger partial charge < -0.3 is 28.4 Å². The first-order chi connectivity index (χ1) is 21.9. The number of rotatable bonds is 11. The molecule has 12 nitrogen and oxygen atoms in total. The van der Waals surface area contributed by atoms with Crippen LogP contribution in [0.25, 0.3) is 11.0 Å². The molecule has 13 heteroatoms. The number of fused-ring (bicyclic) bond motifs is 1. The average molecular weight is 614 g/mol. The van der Waals surface area contributed by atoms with Gasteiger partial charge in [-0.25, -0.2) is 14.2 Å². The second-order valence-electron chi connectivity index (χ2n) is 10.5. The van der Waals surface area contributed by atoms with Crippen molar-refractivity contribution in [1.29, 1.82) is 5.26 Å². The zero-order chi connectivity index (χ0) is 31.3. The number of carbonyl (C=O) groups excluding carboxylic acids is 1. The number of methoxy groups -OCH3 is 1. The minimum Gasteiger partial charge on any atom is -0.496 e. The van der Waals surface area contributed by atoms with E-state index in [1.54, 1.807) is 50.7 Å². The molecule has 0 saturated carbocycles.